The molecule has 0 amide bonds. The van der Waals surface area contributed by atoms with Crippen LogP contribution >= 0.6 is 15.9 Å². The minimum atomic E-state index is -3.70. The number of fused-ring (bicyclic) bond motifs is 1. The van der Waals surface area contributed by atoms with Crippen molar-refractivity contribution in [2.24, 2.45) is 4.36 Å². The summed E-state index contributed by atoms with van der Waals surface area (Å²) in [5.74, 6) is -0.131. The number of nitrogens with zero attached hydrogens (tertiary/aromatic N) is 3. The summed E-state index contributed by atoms with van der Waals surface area (Å²) in [6.07, 6.45) is 6.89. The van der Waals surface area contributed by atoms with Crippen molar-refractivity contribution in [3.05, 3.63) is 83.1 Å². The van der Waals surface area contributed by atoms with Crippen LogP contribution in [0.4, 0.5) is 0 Å². The van der Waals surface area contributed by atoms with E-state index in [0.717, 1.165) is 28.4 Å². The van der Waals surface area contributed by atoms with Gasteiger partial charge in [0.05, 0.1) is 21.5 Å². The molecule has 1 unspecified atom stereocenters. The van der Waals surface area contributed by atoms with Gasteiger partial charge in [0, 0.05) is 39.0 Å². The molecule has 2 heterocycles. The Labute approximate surface area is 202 Å². The fourth-order valence-corrected chi connectivity index (χ4v) is 7.06. The molecule has 9 heteroatoms. The lowest BCUT2D eigenvalue weighted by atomic mass is 10.1. The maximum atomic E-state index is 13.3. The van der Waals surface area contributed by atoms with Crippen molar-refractivity contribution >= 4 is 46.7 Å². The Morgan fingerprint density at radius 2 is 1.76 bits per heavy atom. The third-order valence-electron chi connectivity index (χ3n) is 5.57. The predicted octanol–water partition coefficient (Wildman–Crippen LogP) is 5.46. The molecule has 170 valence electrons. The minimum absolute atomic E-state index is 0.131. The molecule has 0 N–H and O–H groups in total. The molecule has 5 rings (SSSR count). The van der Waals surface area contributed by atoms with E-state index >= 15 is 0 Å². The summed E-state index contributed by atoms with van der Waals surface area (Å²) in [5, 5.41) is 0.716. The molecule has 0 bridgehead atoms. The molecule has 2 aromatic heterocycles. The van der Waals surface area contributed by atoms with Gasteiger partial charge in [-0.15, -0.1) is 0 Å². The number of hydrogen-bond donors (Lipinski definition) is 0. The minimum Gasteiger partial charge on any atom is -0.245 e. The smallest absolute Gasteiger partial charge is 0.244 e. The second-order valence-corrected chi connectivity index (χ2v) is 13.3. The van der Waals surface area contributed by atoms with Crippen LogP contribution in [0.2, 0.25) is 0 Å². The number of benzene rings is 2. The number of pyridine rings is 1. The molecule has 1 fully saturated rings. The summed E-state index contributed by atoms with van der Waals surface area (Å²) in [6.45, 7) is 0. The van der Waals surface area contributed by atoms with Gasteiger partial charge in [-0.05, 0) is 58.1 Å². The number of hydrogen-bond acceptors (Lipinski definition) is 5. The van der Waals surface area contributed by atoms with Crippen LogP contribution in [0.5, 0.6) is 0 Å². The zero-order chi connectivity index (χ0) is 23.2. The Balaban J connectivity index is 1.59. The van der Waals surface area contributed by atoms with Crippen LogP contribution in [0.25, 0.3) is 22.2 Å². The van der Waals surface area contributed by atoms with Crippen molar-refractivity contribution in [2.75, 3.05) is 6.26 Å². The average Bonchev–Trinajstić information content (AvgIpc) is 3.50. The predicted molar refractivity (Wildman–Crippen MR) is 135 cm³/mol. The van der Waals surface area contributed by atoms with E-state index in [1.165, 1.54) is 3.97 Å². The van der Waals surface area contributed by atoms with E-state index in [1.54, 1.807) is 30.8 Å². The Kier molecular flexibility index (Phi) is 5.66. The van der Waals surface area contributed by atoms with Crippen LogP contribution in [0.1, 0.15) is 18.4 Å². The summed E-state index contributed by atoms with van der Waals surface area (Å²) in [5.41, 5.74) is 2.64. The van der Waals surface area contributed by atoms with Gasteiger partial charge in [0.1, 0.15) is 0 Å². The molecule has 2 aromatic carbocycles. The summed E-state index contributed by atoms with van der Waals surface area (Å²) < 4.78 is 46.1. The van der Waals surface area contributed by atoms with Gasteiger partial charge in [0.2, 0.25) is 10.0 Å². The van der Waals surface area contributed by atoms with Crippen LogP contribution in [-0.2, 0) is 25.5 Å². The van der Waals surface area contributed by atoms with Gasteiger partial charge >= 0.3 is 0 Å². The van der Waals surface area contributed by atoms with Gasteiger partial charge in [0.15, 0.2) is 5.65 Å². The first kappa shape index (κ1) is 22.3. The molecule has 1 aliphatic rings. The van der Waals surface area contributed by atoms with Crippen molar-refractivity contribution in [3.8, 4) is 11.1 Å². The zero-order valence-corrected chi connectivity index (χ0v) is 21.1. The summed E-state index contributed by atoms with van der Waals surface area (Å²) >= 11 is 3.45. The first-order valence-electron chi connectivity index (χ1n) is 10.5. The van der Waals surface area contributed by atoms with E-state index in [0.29, 0.717) is 21.5 Å². The van der Waals surface area contributed by atoms with Crippen molar-refractivity contribution in [1.82, 2.24) is 8.96 Å². The Hall–Kier alpha value is -2.49. The fraction of sp³-hybridized carbons (Fsp3) is 0.208. The van der Waals surface area contributed by atoms with E-state index in [2.05, 4.69) is 25.3 Å². The molecule has 0 spiro atoms. The fourth-order valence-electron chi connectivity index (χ4n) is 3.76. The third-order valence-corrected chi connectivity index (χ3v) is 9.43. The van der Waals surface area contributed by atoms with Gasteiger partial charge < -0.3 is 0 Å². The van der Waals surface area contributed by atoms with E-state index in [-0.39, 0.29) is 11.8 Å². The average molecular weight is 544 g/mol. The summed E-state index contributed by atoms with van der Waals surface area (Å²) in [7, 11) is -6.14. The highest BCUT2D eigenvalue weighted by Gasteiger charge is 2.24. The molecule has 0 saturated heterocycles. The Morgan fingerprint density at radius 1 is 1.06 bits per heavy atom. The first-order chi connectivity index (χ1) is 15.7. The lowest BCUT2D eigenvalue weighted by Crippen LogP contribution is -2.14. The highest BCUT2D eigenvalue weighted by Crippen LogP contribution is 2.34. The van der Waals surface area contributed by atoms with Crippen LogP contribution in [-0.4, -0.2) is 33.9 Å². The summed E-state index contributed by atoms with van der Waals surface area (Å²) in [6, 6.07) is 18.5. The molecule has 0 radical (unpaired) electrons. The van der Waals surface area contributed by atoms with Gasteiger partial charge in [0.25, 0.3) is 0 Å². The SMILES string of the molecule is CS(=O)(=NC1CC1)c1ccc(-c2cn(S(=O)(=O)Cc3ccccc3)c3ncc(Br)cc23)cc1. The van der Waals surface area contributed by atoms with E-state index < -0.39 is 19.8 Å². The first-order valence-corrected chi connectivity index (χ1v) is 14.8. The van der Waals surface area contributed by atoms with E-state index in [1.807, 2.05) is 48.5 Å². The molecular weight excluding hydrogens is 522 g/mol. The van der Waals surface area contributed by atoms with Crippen LogP contribution in [0.15, 0.2) is 86.8 Å². The lowest BCUT2D eigenvalue weighted by Gasteiger charge is -2.07. The maximum Gasteiger partial charge on any atom is 0.244 e. The second kappa shape index (κ2) is 8.38. The van der Waals surface area contributed by atoms with Crippen molar-refractivity contribution < 1.29 is 12.6 Å². The largest absolute Gasteiger partial charge is 0.245 e. The lowest BCUT2D eigenvalue weighted by molar-refractivity contribution is 0.588. The van der Waals surface area contributed by atoms with Gasteiger partial charge in [-0.2, -0.15) is 0 Å². The molecule has 4 aromatic rings. The van der Waals surface area contributed by atoms with Crippen molar-refractivity contribution in [1.29, 1.82) is 0 Å². The van der Waals surface area contributed by atoms with Gasteiger partial charge in [-0.3, -0.25) is 0 Å². The van der Waals surface area contributed by atoms with Crippen molar-refractivity contribution in [3.63, 3.8) is 0 Å². The number of aromatic nitrogens is 2. The highest BCUT2D eigenvalue weighted by molar-refractivity contribution is 9.10. The number of rotatable bonds is 6. The van der Waals surface area contributed by atoms with Crippen LogP contribution < -0.4 is 0 Å². The number of halogens is 1. The molecular formula is C24H22BrN3O3S2. The second-order valence-electron chi connectivity index (χ2n) is 8.27. The van der Waals surface area contributed by atoms with E-state index in [4.69, 9.17) is 0 Å². The maximum absolute atomic E-state index is 13.3. The van der Waals surface area contributed by atoms with E-state index in [9.17, 15) is 12.6 Å². The monoisotopic (exact) mass is 543 g/mol. The molecule has 6 nitrogen and oxygen atoms in total. The van der Waals surface area contributed by atoms with Gasteiger partial charge in [-0.1, -0.05) is 42.5 Å². The van der Waals surface area contributed by atoms with Gasteiger partial charge in [-0.25, -0.2) is 25.9 Å². The highest BCUT2D eigenvalue weighted by atomic mass is 79.9. The standard InChI is InChI=1S/C24H22BrN3O3S2/c1-32(29,27-20-9-10-20)21-11-7-18(8-12-21)23-15-28(24-22(23)13-19(25)14-26-24)33(30,31)16-17-5-3-2-4-6-17/h2-8,11-15,20H,9-10,16H2,1H3. The van der Waals surface area contributed by atoms with Crippen LogP contribution in [0, 0.1) is 0 Å². The molecule has 33 heavy (non-hydrogen) atoms. The Bertz CT molecular complexity index is 1570. The third kappa shape index (κ3) is 4.62. The van der Waals surface area contributed by atoms with Crippen LogP contribution in [0.3, 0.4) is 0 Å². The Morgan fingerprint density at radius 3 is 2.42 bits per heavy atom. The molecule has 1 atom stereocenters. The van der Waals surface area contributed by atoms with Crippen molar-refractivity contribution in [2.45, 2.75) is 29.5 Å². The summed E-state index contributed by atoms with van der Waals surface area (Å²) in [4.78, 5) is 5.09. The molecule has 1 saturated carbocycles. The zero-order valence-electron chi connectivity index (χ0n) is 17.9. The molecule has 0 aliphatic heterocycles. The molecule has 1 aliphatic carbocycles. The normalized spacial score (nSPS) is 15.9. The quantitative estimate of drug-likeness (QED) is 0.323. The topological polar surface area (TPSA) is 81.4 Å².